The van der Waals surface area contributed by atoms with E-state index in [4.69, 9.17) is 0 Å². The minimum atomic E-state index is -4.70. The highest BCUT2D eigenvalue weighted by Gasteiger charge is 2.31. The molecule has 21 heavy (non-hydrogen) atoms. The number of H-pyrrole nitrogens is 1. The number of hydrogen-bond acceptors (Lipinski definition) is 4. The Morgan fingerprint density at radius 2 is 2.14 bits per heavy atom. The predicted molar refractivity (Wildman–Crippen MR) is 72.6 cm³/mol. The largest absolute Gasteiger partial charge is 0.573 e. The summed E-state index contributed by atoms with van der Waals surface area (Å²) in [6.45, 7) is 1.20. The van der Waals surface area contributed by atoms with E-state index in [1.807, 2.05) is 0 Å². The fraction of sp³-hybridized carbons (Fsp3) is 0.333. The first-order valence-corrected chi connectivity index (χ1v) is 6.82. The number of hydrogen-bond donors (Lipinski definition) is 2. The van der Waals surface area contributed by atoms with Crippen LogP contribution in [0.5, 0.6) is 5.75 Å². The van der Waals surface area contributed by atoms with Crippen LogP contribution in [0.1, 0.15) is 11.4 Å². The normalized spacial score (nSPS) is 11.6. The number of halogens is 4. The number of alkyl halides is 3. The van der Waals surface area contributed by atoms with Gasteiger partial charge in [-0.15, -0.1) is 13.2 Å². The summed E-state index contributed by atoms with van der Waals surface area (Å²) in [4.78, 5) is 3.98. The summed E-state index contributed by atoms with van der Waals surface area (Å²) >= 11 is 3.06. The van der Waals surface area contributed by atoms with E-state index >= 15 is 0 Å². The molecule has 2 N–H and O–H groups in total. The van der Waals surface area contributed by atoms with E-state index in [1.54, 1.807) is 12.1 Å². The van der Waals surface area contributed by atoms with Crippen molar-refractivity contribution in [2.75, 3.05) is 6.54 Å². The summed E-state index contributed by atoms with van der Waals surface area (Å²) in [7, 11) is 0. The van der Waals surface area contributed by atoms with E-state index in [-0.39, 0.29) is 10.2 Å². The minimum Gasteiger partial charge on any atom is -0.405 e. The third-order valence-corrected chi connectivity index (χ3v) is 3.17. The smallest absolute Gasteiger partial charge is 0.405 e. The number of ether oxygens (including phenoxy) is 1. The molecule has 1 aromatic carbocycles. The molecule has 0 aliphatic rings. The quantitative estimate of drug-likeness (QED) is 0.773. The zero-order chi connectivity index (χ0) is 15.3. The molecule has 1 heterocycles. The van der Waals surface area contributed by atoms with Gasteiger partial charge in [-0.25, -0.2) is 4.98 Å². The van der Waals surface area contributed by atoms with Gasteiger partial charge in [0.2, 0.25) is 0 Å². The Bertz CT molecular complexity index is 574. The highest BCUT2D eigenvalue weighted by atomic mass is 79.9. The molecule has 0 radical (unpaired) electrons. The fourth-order valence-corrected chi connectivity index (χ4v) is 2.16. The van der Waals surface area contributed by atoms with Gasteiger partial charge in [-0.05, 0) is 33.6 Å². The third-order valence-electron chi connectivity index (χ3n) is 2.55. The summed E-state index contributed by atoms with van der Waals surface area (Å²) < 4.78 is 40.5. The van der Waals surface area contributed by atoms with Crippen molar-refractivity contribution < 1.29 is 17.9 Å². The summed E-state index contributed by atoms with van der Waals surface area (Å²) in [6, 6.07) is 4.45. The van der Waals surface area contributed by atoms with Crippen molar-refractivity contribution in [3.63, 3.8) is 0 Å². The van der Waals surface area contributed by atoms with Crippen LogP contribution in [0.25, 0.3) is 0 Å². The standard InChI is InChI=1S/C12H12BrF3N4O/c13-9-5-8(1-2-10(9)21-12(14,15)16)6-17-4-3-11-18-7-19-20-11/h1-2,5,7,17H,3-4,6H2,(H,18,19,20). The minimum absolute atomic E-state index is 0.257. The molecule has 0 unspecified atom stereocenters. The molecule has 114 valence electrons. The maximum atomic E-state index is 12.1. The van der Waals surface area contributed by atoms with Crippen molar-refractivity contribution in [3.05, 3.63) is 40.4 Å². The van der Waals surface area contributed by atoms with Gasteiger partial charge in [0.15, 0.2) is 0 Å². The molecule has 0 amide bonds. The average molecular weight is 365 g/mol. The summed E-state index contributed by atoms with van der Waals surface area (Å²) in [6.07, 6.45) is -2.57. The van der Waals surface area contributed by atoms with Crippen LogP contribution in [0.2, 0.25) is 0 Å². The number of aromatic nitrogens is 3. The monoisotopic (exact) mass is 364 g/mol. The molecule has 1 aromatic heterocycles. The van der Waals surface area contributed by atoms with Crippen molar-refractivity contribution in [1.82, 2.24) is 20.5 Å². The lowest BCUT2D eigenvalue weighted by Crippen LogP contribution is -2.18. The van der Waals surface area contributed by atoms with Gasteiger partial charge in [-0.2, -0.15) is 5.10 Å². The van der Waals surface area contributed by atoms with Crippen LogP contribution >= 0.6 is 15.9 Å². The predicted octanol–water partition coefficient (Wildman–Crippen LogP) is 2.80. The van der Waals surface area contributed by atoms with Gasteiger partial charge in [-0.3, -0.25) is 5.10 Å². The SMILES string of the molecule is FC(F)(F)Oc1ccc(CNCCc2ncn[nH]2)cc1Br. The van der Waals surface area contributed by atoms with Gasteiger partial charge in [0, 0.05) is 19.5 Å². The molecule has 2 aromatic rings. The van der Waals surface area contributed by atoms with Crippen molar-refractivity contribution >= 4 is 15.9 Å². The molecule has 0 bridgehead atoms. The number of nitrogens with one attached hydrogen (secondary N) is 2. The molecule has 0 saturated carbocycles. The van der Waals surface area contributed by atoms with Gasteiger partial charge < -0.3 is 10.1 Å². The first-order chi connectivity index (χ1) is 9.94. The van der Waals surface area contributed by atoms with E-state index in [9.17, 15) is 13.2 Å². The highest BCUT2D eigenvalue weighted by Crippen LogP contribution is 2.30. The highest BCUT2D eigenvalue weighted by molar-refractivity contribution is 9.10. The maximum absolute atomic E-state index is 12.1. The van der Waals surface area contributed by atoms with Gasteiger partial charge >= 0.3 is 6.36 Å². The van der Waals surface area contributed by atoms with Crippen molar-refractivity contribution in [1.29, 1.82) is 0 Å². The summed E-state index contributed by atoms with van der Waals surface area (Å²) in [5.74, 6) is 0.519. The van der Waals surface area contributed by atoms with E-state index in [0.29, 0.717) is 19.5 Å². The lowest BCUT2D eigenvalue weighted by molar-refractivity contribution is -0.274. The van der Waals surface area contributed by atoms with E-state index < -0.39 is 6.36 Å². The van der Waals surface area contributed by atoms with Crippen LogP contribution in [-0.2, 0) is 13.0 Å². The molecular weight excluding hydrogens is 353 g/mol. The molecular formula is C12H12BrF3N4O. The zero-order valence-electron chi connectivity index (χ0n) is 10.7. The molecule has 0 atom stereocenters. The Hall–Kier alpha value is -1.61. The fourth-order valence-electron chi connectivity index (χ4n) is 1.65. The van der Waals surface area contributed by atoms with Crippen LogP contribution in [-0.4, -0.2) is 28.1 Å². The van der Waals surface area contributed by atoms with Gasteiger partial charge in [0.25, 0.3) is 0 Å². The molecule has 2 rings (SSSR count). The van der Waals surface area contributed by atoms with Crippen LogP contribution in [0, 0.1) is 0 Å². The molecule has 0 fully saturated rings. The third kappa shape index (κ3) is 5.35. The van der Waals surface area contributed by atoms with Gasteiger partial charge in [-0.1, -0.05) is 6.07 Å². The Kier molecular flexibility index (Phi) is 5.18. The Morgan fingerprint density at radius 1 is 1.33 bits per heavy atom. The van der Waals surface area contributed by atoms with E-state index in [1.165, 1.54) is 12.4 Å². The zero-order valence-corrected chi connectivity index (χ0v) is 12.3. The first-order valence-electron chi connectivity index (χ1n) is 6.03. The summed E-state index contributed by atoms with van der Waals surface area (Å²) in [5.41, 5.74) is 0.842. The van der Waals surface area contributed by atoms with E-state index in [0.717, 1.165) is 11.4 Å². The number of nitrogens with zero attached hydrogens (tertiary/aromatic N) is 2. The van der Waals surface area contributed by atoms with E-state index in [2.05, 4.69) is 41.2 Å². The van der Waals surface area contributed by atoms with Crippen LogP contribution in [0.3, 0.4) is 0 Å². The topological polar surface area (TPSA) is 62.8 Å². The molecule has 0 saturated heterocycles. The molecule has 9 heteroatoms. The first kappa shape index (κ1) is 15.8. The van der Waals surface area contributed by atoms with Gasteiger partial charge in [0.1, 0.15) is 17.9 Å². The lowest BCUT2D eigenvalue weighted by Gasteiger charge is -2.11. The second-order valence-electron chi connectivity index (χ2n) is 4.17. The number of rotatable bonds is 6. The summed E-state index contributed by atoms with van der Waals surface area (Å²) in [5, 5.41) is 9.64. The van der Waals surface area contributed by atoms with Crippen molar-refractivity contribution in [2.45, 2.75) is 19.3 Å². The Morgan fingerprint density at radius 3 is 2.76 bits per heavy atom. The Balaban J connectivity index is 1.82. The van der Waals surface area contributed by atoms with Crippen LogP contribution in [0.15, 0.2) is 29.0 Å². The molecule has 0 spiro atoms. The molecule has 5 nitrogen and oxygen atoms in total. The van der Waals surface area contributed by atoms with Crippen molar-refractivity contribution in [3.8, 4) is 5.75 Å². The number of benzene rings is 1. The second-order valence-corrected chi connectivity index (χ2v) is 5.03. The lowest BCUT2D eigenvalue weighted by atomic mass is 10.2. The second kappa shape index (κ2) is 6.90. The van der Waals surface area contributed by atoms with Crippen LogP contribution < -0.4 is 10.1 Å². The number of aromatic amines is 1. The molecule has 0 aliphatic carbocycles. The van der Waals surface area contributed by atoms with Gasteiger partial charge in [0.05, 0.1) is 4.47 Å². The Labute approximate surface area is 127 Å². The average Bonchev–Trinajstić information content (AvgIpc) is 2.89. The maximum Gasteiger partial charge on any atom is 0.573 e. The van der Waals surface area contributed by atoms with Crippen LogP contribution in [0.4, 0.5) is 13.2 Å². The molecule has 0 aliphatic heterocycles. The van der Waals surface area contributed by atoms with Crippen molar-refractivity contribution in [2.24, 2.45) is 0 Å².